The van der Waals surface area contributed by atoms with Gasteiger partial charge in [0.05, 0.1) is 18.7 Å². The first-order valence-corrected chi connectivity index (χ1v) is 11.7. The molecule has 2 aromatic carbocycles. The Hall–Kier alpha value is -3.03. The number of hydrogen-bond acceptors (Lipinski definition) is 5. The van der Waals surface area contributed by atoms with Gasteiger partial charge in [0.25, 0.3) is 5.91 Å². The number of pyridine rings is 1. The molecule has 6 nitrogen and oxygen atoms in total. The maximum atomic E-state index is 13.4. The lowest BCUT2D eigenvalue weighted by Crippen LogP contribution is -2.58. The SMILES string of the molecule is Cc1c2n(ccc1=O)N(C1c3ccccc3CSc3ccccc31)CN([C@@H](C)CO)C2=O. The van der Waals surface area contributed by atoms with Crippen LogP contribution in [0.15, 0.2) is 70.5 Å². The zero-order valence-electron chi connectivity index (χ0n) is 18.1. The van der Waals surface area contributed by atoms with Crippen molar-refractivity contribution in [3.8, 4) is 0 Å². The summed E-state index contributed by atoms with van der Waals surface area (Å²) >= 11 is 1.81. The van der Waals surface area contributed by atoms with Gasteiger partial charge >= 0.3 is 0 Å². The van der Waals surface area contributed by atoms with Gasteiger partial charge in [0, 0.05) is 28.5 Å². The van der Waals surface area contributed by atoms with Gasteiger partial charge in [-0.2, -0.15) is 0 Å². The average molecular weight is 448 g/mol. The molecule has 0 bridgehead atoms. The molecule has 0 spiro atoms. The molecule has 2 aliphatic rings. The molecule has 164 valence electrons. The molecule has 1 aromatic heterocycles. The van der Waals surface area contributed by atoms with Crippen LogP contribution in [0.1, 0.15) is 45.7 Å². The van der Waals surface area contributed by atoms with Crippen LogP contribution < -0.4 is 10.4 Å². The monoisotopic (exact) mass is 447 g/mol. The highest BCUT2D eigenvalue weighted by atomic mass is 32.2. The summed E-state index contributed by atoms with van der Waals surface area (Å²) in [4.78, 5) is 28.7. The third kappa shape index (κ3) is 3.24. The summed E-state index contributed by atoms with van der Waals surface area (Å²) in [5.74, 6) is 0.631. The molecule has 2 atom stereocenters. The van der Waals surface area contributed by atoms with Crippen molar-refractivity contribution in [3.63, 3.8) is 0 Å². The molecular formula is C25H25N3O3S. The number of carbonyl (C=O) groups excluding carboxylic acids is 1. The highest BCUT2D eigenvalue weighted by molar-refractivity contribution is 7.98. The fraction of sp³-hybridized carbons (Fsp3) is 0.280. The number of carbonyl (C=O) groups is 1. The second-order valence-electron chi connectivity index (χ2n) is 8.31. The number of benzene rings is 2. The van der Waals surface area contributed by atoms with Gasteiger partial charge < -0.3 is 10.0 Å². The number of fused-ring (bicyclic) bond motifs is 3. The van der Waals surface area contributed by atoms with Gasteiger partial charge in [0.1, 0.15) is 12.4 Å². The largest absolute Gasteiger partial charge is 0.394 e. The summed E-state index contributed by atoms with van der Waals surface area (Å²) in [6.45, 7) is 3.67. The predicted molar refractivity (Wildman–Crippen MR) is 126 cm³/mol. The number of thioether (sulfide) groups is 1. The maximum Gasteiger partial charge on any atom is 0.274 e. The van der Waals surface area contributed by atoms with E-state index in [-0.39, 0.29) is 30.0 Å². The Morgan fingerprint density at radius 2 is 1.78 bits per heavy atom. The second kappa shape index (κ2) is 8.15. The molecule has 1 unspecified atom stereocenters. The first-order valence-electron chi connectivity index (χ1n) is 10.7. The van der Waals surface area contributed by atoms with E-state index in [1.54, 1.807) is 18.0 Å². The number of aliphatic hydroxyl groups is 1. The van der Waals surface area contributed by atoms with E-state index in [1.165, 1.54) is 22.1 Å². The van der Waals surface area contributed by atoms with Crippen molar-refractivity contribution in [2.24, 2.45) is 0 Å². The molecule has 1 amide bonds. The van der Waals surface area contributed by atoms with Crippen molar-refractivity contribution < 1.29 is 9.90 Å². The third-order valence-electron chi connectivity index (χ3n) is 6.40. The van der Waals surface area contributed by atoms with E-state index >= 15 is 0 Å². The van der Waals surface area contributed by atoms with E-state index in [0.29, 0.717) is 17.9 Å². The van der Waals surface area contributed by atoms with Crippen LogP contribution in [0.3, 0.4) is 0 Å². The van der Waals surface area contributed by atoms with Crippen LogP contribution in [0.25, 0.3) is 0 Å². The summed E-state index contributed by atoms with van der Waals surface area (Å²) in [6, 6.07) is 17.8. The van der Waals surface area contributed by atoms with E-state index in [4.69, 9.17) is 0 Å². The number of amides is 1. The van der Waals surface area contributed by atoms with Crippen molar-refractivity contribution in [2.75, 3.05) is 18.3 Å². The molecule has 5 rings (SSSR count). The van der Waals surface area contributed by atoms with Crippen LogP contribution in [0, 0.1) is 6.92 Å². The van der Waals surface area contributed by atoms with Gasteiger partial charge in [-0.25, -0.2) is 0 Å². The van der Waals surface area contributed by atoms with Gasteiger partial charge in [0.15, 0.2) is 5.43 Å². The van der Waals surface area contributed by atoms with Crippen LogP contribution in [-0.2, 0) is 5.75 Å². The number of aliphatic hydroxyl groups excluding tert-OH is 1. The van der Waals surface area contributed by atoms with Crippen molar-refractivity contribution in [2.45, 2.75) is 36.6 Å². The summed E-state index contributed by atoms with van der Waals surface area (Å²) in [6.07, 6.45) is 1.70. The highest BCUT2D eigenvalue weighted by Gasteiger charge is 2.38. The lowest BCUT2D eigenvalue weighted by atomic mass is 9.94. The fourth-order valence-electron chi connectivity index (χ4n) is 4.58. The molecule has 0 fully saturated rings. The Morgan fingerprint density at radius 1 is 1.06 bits per heavy atom. The molecule has 0 aliphatic carbocycles. The second-order valence-corrected chi connectivity index (χ2v) is 9.33. The van der Waals surface area contributed by atoms with Crippen LogP contribution in [0.4, 0.5) is 0 Å². The topological polar surface area (TPSA) is 65.8 Å². The lowest BCUT2D eigenvalue weighted by molar-refractivity contribution is 0.0530. The van der Waals surface area contributed by atoms with Gasteiger partial charge in [-0.1, -0.05) is 42.5 Å². The number of rotatable bonds is 3. The molecule has 0 saturated heterocycles. The number of aromatic nitrogens is 1. The number of hydrogen-bond donors (Lipinski definition) is 1. The van der Waals surface area contributed by atoms with Gasteiger partial charge in [-0.15, -0.1) is 11.8 Å². The normalized spacial score (nSPS) is 18.5. The van der Waals surface area contributed by atoms with Crippen LogP contribution in [-0.4, -0.2) is 39.9 Å². The zero-order chi connectivity index (χ0) is 22.4. The van der Waals surface area contributed by atoms with Crippen LogP contribution in [0.2, 0.25) is 0 Å². The first kappa shape index (κ1) is 20.8. The van der Waals surface area contributed by atoms with Crippen molar-refractivity contribution >= 4 is 17.7 Å². The van der Waals surface area contributed by atoms with Crippen molar-refractivity contribution in [3.05, 3.63) is 99.0 Å². The molecule has 0 saturated carbocycles. The quantitative estimate of drug-likeness (QED) is 0.668. The average Bonchev–Trinajstić information content (AvgIpc) is 2.98. The van der Waals surface area contributed by atoms with Gasteiger partial charge in [-0.05, 0) is 36.6 Å². The van der Waals surface area contributed by atoms with E-state index in [9.17, 15) is 14.7 Å². The summed E-state index contributed by atoms with van der Waals surface area (Å²) in [7, 11) is 0. The smallest absolute Gasteiger partial charge is 0.274 e. The standard InChI is InChI=1S/C25H25N3O3S/c1-16(13-29)26-15-28(27-12-11-21(30)17(2)23(27)25(26)31)24-19-8-4-3-7-18(19)14-32-22-10-6-5-9-20(22)24/h3-12,16,24,29H,13-15H2,1-2H3/t16-,24?/m0/s1. The Morgan fingerprint density at radius 3 is 2.56 bits per heavy atom. The van der Waals surface area contributed by atoms with E-state index in [1.807, 2.05) is 41.6 Å². The van der Waals surface area contributed by atoms with Crippen LogP contribution >= 0.6 is 11.8 Å². The van der Waals surface area contributed by atoms with Crippen molar-refractivity contribution in [1.29, 1.82) is 0 Å². The Kier molecular flexibility index (Phi) is 5.31. The highest BCUT2D eigenvalue weighted by Crippen LogP contribution is 2.42. The number of nitrogens with zero attached hydrogens (tertiary/aromatic N) is 3. The third-order valence-corrected chi connectivity index (χ3v) is 7.54. The fourth-order valence-corrected chi connectivity index (χ4v) is 5.68. The molecule has 1 N–H and O–H groups in total. The van der Waals surface area contributed by atoms with Gasteiger partial charge in [0.2, 0.25) is 0 Å². The Labute approximate surface area is 191 Å². The molecule has 7 heteroatoms. The maximum absolute atomic E-state index is 13.4. The summed E-state index contributed by atoms with van der Waals surface area (Å²) in [5, 5.41) is 12.0. The van der Waals surface area contributed by atoms with E-state index in [0.717, 1.165) is 11.3 Å². The molecule has 0 radical (unpaired) electrons. The predicted octanol–water partition coefficient (Wildman–Crippen LogP) is 3.28. The van der Waals surface area contributed by atoms with Crippen LogP contribution in [0.5, 0.6) is 0 Å². The van der Waals surface area contributed by atoms with E-state index in [2.05, 4.69) is 35.3 Å². The molecular weight excluding hydrogens is 422 g/mol. The molecule has 3 aromatic rings. The minimum atomic E-state index is -0.376. The summed E-state index contributed by atoms with van der Waals surface area (Å²) < 4.78 is 1.84. The van der Waals surface area contributed by atoms with E-state index < -0.39 is 0 Å². The lowest BCUT2D eigenvalue weighted by Gasteiger charge is -2.46. The molecule has 32 heavy (non-hydrogen) atoms. The summed E-state index contributed by atoms with van der Waals surface area (Å²) in [5.41, 5.74) is 4.20. The van der Waals surface area contributed by atoms with Gasteiger partial charge in [-0.3, -0.25) is 19.3 Å². The Balaban J connectivity index is 1.78. The minimum absolute atomic E-state index is 0.149. The molecule has 3 heterocycles. The van der Waals surface area contributed by atoms with Crippen molar-refractivity contribution in [1.82, 2.24) is 9.58 Å². The first-order chi connectivity index (χ1) is 15.5. The molecule has 2 aliphatic heterocycles. The minimum Gasteiger partial charge on any atom is -0.394 e. The Bertz CT molecular complexity index is 1210. The zero-order valence-corrected chi connectivity index (χ0v) is 18.9.